The summed E-state index contributed by atoms with van der Waals surface area (Å²) in [6, 6.07) is -0.948. The molecule has 1 amide bonds. The minimum atomic E-state index is -1.80. The van der Waals surface area contributed by atoms with E-state index in [1.165, 1.54) is 70.6 Å². The normalized spacial score (nSPS) is 26.5. The molecule has 404 valence electrons. The van der Waals surface area contributed by atoms with Gasteiger partial charge in [0, 0.05) is 6.42 Å². The lowest BCUT2D eigenvalue weighted by atomic mass is 9.97. The van der Waals surface area contributed by atoms with Crippen LogP contribution in [0.2, 0.25) is 0 Å². The van der Waals surface area contributed by atoms with E-state index in [2.05, 4.69) is 79.9 Å². The maximum atomic E-state index is 13.2. The molecule has 0 spiro atoms. The third-order valence-electron chi connectivity index (χ3n) is 12.8. The Morgan fingerprint density at radius 2 is 0.957 bits per heavy atom. The lowest BCUT2D eigenvalue weighted by Gasteiger charge is -2.46. The van der Waals surface area contributed by atoms with Gasteiger partial charge in [-0.15, -0.1) is 0 Å². The van der Waals surface area contributed by atoms with Crippen molar-refractivity contribution in [2.75, 3.05) is 19.8 Å². The maximum Gasteiger partial charge on any atom is 0.220 e. The summed E-state index contributed by atoms with van der Waals surface area (Å²) in [5.74, 6) is -0.270. The van der Waals surface area contributed by atoms with Crippen LogP contribution in [0.25, 0.3) is 0 Å². The number of ether oxygens (including phenoxy) is 4. The largest absolute Gasteiger partial charge is 0.394 e. The van der Waals surface area contributed by atoms with Gasteiger partial charge in [0.25, 0.3) is 0 Å². The van der Waals surface area contributed by atoms with Gasteiger partial charge in [-0.1, -0.05) is 164 Å². The molecule has 2 aliphatic heterocycles. The van der Waals surface area contributed by atoms with Crippen LogP contribution in [0.15, 0.2) is 72.9 Å². The Kier molecular flexibility index (Phi) is 38.0. The van der Waals surface area contributed by atoms with Gasteiger partial charge in [-0.2, -0.15) is 0 Å². The van der Waals surface area contributed by atoms with Gasteiger partial charge in [-0.25, -0.2) is 0 Å². The molecule has 12 unspecified atom stereocenters. The molecule has 0 aromatic heterocycles. The Labute approximate surface area is 421 Å². The molecular weight excluding hydrogens is 895 g/mol. The Hall–Kier alpha value is -2.57. The highest BCUT2D eigenvalue weighted by Crippen LogP contribution is 2.30. The first-order valence-corrected chi connectivity index (χ1v) is 27.2. The molecule has 0 aliphatic carbocycles. The summed E-state index contributed by atoms with van der Waals surface area (Å²) >= 11 is 0. The standard InChI is InChI=1S/C56H97NO13/c1-3-5-7-9-11-13-15-17-19-20-21-22-23-24-26-28-30-32-34-36-38-40-48(61)57-44(45(60)39-37-35-33-31-29-27-25-18-16-14-12-10-8-6-4-2)43-67-55-53(66)51(64)54(47(42-59)69-55)70-56-52(65)50(63)49(62)46(41-58)68-56/h15-18,20-21,23-24,29,31,37,39,44-47,49-56,58-60,62-66H,3-14,19,22,25-28,30,32-36,38,40-43H2,1-2H3,(H,57,61)/b17-15-,18-16+,21-20-,24-23-,31-29+,39-37+. The van der Waals surface area contributed by atoms with Crippen molar-refractivity contribution in [1.29, 1.82) is 0 Å². The molecule has 2 fully saturated rings. The van der Waals surface area contributed by atoms with E-state index in [0.717, 1.165) is 77.0 Å². The van der Waals surface area contributed by atoms with Crippen LogP contribution in [-0.2, 0) is 23.7 Å². The van der Waals surface area contributed by atoms with Crippen molar-refractivity contribution in [1.82, 2.24) is 5.32 Å². The Balaban J connectivity index is 1.84. The minimum absolute atomic E-state index is 0.252. The Morgan fingerprint density at radius 1 is 0.514 bits per heavy atom. The van der Waals surface area contributed by atoms with Crippen molar-refractivity contribution in [3.63, 3.8) is 0 Å². The van der Waals surface area contributed by atoms with Crippen LogP contribution in [0.4, 0.5) is 0 Å². The SMILES string of the molecule is CCCCCCC/C=C\C/C=C\C/C=C\CCCCCCCCC(=O)NC(COC1OC(CO)C(OC2OC(CO)C(O)C(O)C2O)C(O)C1O)C(O)/C=C/CC/C=C/CC/C=C/CCCCCCC. The van der Waals surface area contributed by atoms with Crippen molar-refractivity contribution in [2.45, 2.75) is 254 Å². The molecule has 0 aromatic carbocycles. The Morgan fingerprint density at radius 3 is 1.50 bits per heavy atom. The molecule has 9 N–H and O–H groups in total. The zero-order chi connectivity index (χ0) is 51.0. The molecule has 2 rings (SSSR count). The molecule has 2 aliphatic rings. The van der Waals surface area contributed by atoms with E-state index in [-0.39, 0.29) is 18.9 Å². The van der Waals surface area contributed by atoms with Gasteiger partial charge in [0.1, 0.15) is 48.8 Å². The first-order valence-electron chi connectivity index (χ1n) is 27.2. The number of carbonyl (C=O) groups is 1. The summed E-state index contributed by atoms with van der Waals surface area (Å²) in [4.78, 5) is 13.2. The van der Waals surface area contributed by atoms with Gasteiger partial charge >= 0.3 is 0 Å². The molecule has 0 saturated carbocycles. The van der Waals surface area contributed by atoms with Gasteiger partial charge < -0.3 is 65.1 Å². The van der Waals surface area contributed by atoms with Crippen molar-refractivity contribution in [3.8, 4) is 0 Å². The predicted octanol–water partition coefficient (Wildman–Crippen LogP) is 7.99. The van der Waals surface area contributed by atoms with E-state index in [9.17, 15) is 45.6 Å². The second-order valence-electron chi connectivity index (χ2n) is 19.0. The van der Waals surface area contributed by atoms with Gasteiger partial charge in [0.2, 0.25) is 5.91 Å². The summed E-state index contributed by atoms with van der Waals surface area (Å²) in [5.41, 5.74) is 0. The van der Waals surface area contributed by atoms with Gasteiger partial charge in [-0.05, 0) is 83.5 Å². The molecule has 0 aromatic rings. The van der Waals surface area contributed by atoms with Crippen LogP contribution in [-0.4, -0.2) is 140 Å². The second-order valence-corrected chi connectivity index (χ2v) is 19.0. The zero-order valence-electron chi connectivity index (χ0n) is 43.0. The number of carbonyl (C=O) groups excluding carboxylic acids is 1. The third kappa shape index (κ3) is 28.0. The maximum absolute atomic E-state index is 13.2. The monoisotopic (exact) mass is 992 g/mol. The van der Waals surface area contributed by atoms with Crippen molar-refractivity contribution in [3.05, 3.63) is 72.9 Å². The van der Waals surface area contributed by atoms with Crippen LogP contribution in [0.3, 0.4) is 0 Å². The van der Waals surface area contributed by atoms with Crippen LogP contribution < -0.4 is 5.32 Å². The average molecular weight is 992 g/mol. The van der Waals surface area contributed by atoms with Gasteiger partial charge in [0.05, 0.1) is 32.0 Å². The zero-order valence-corrected chi connectivity index (χ0v) is 43.0. The number of rotatable bonds is 41. The fourth-order valence-corrected chi connectivity index (χ4v) is 8.39. The second kappa shape index (κ2) is 41.9. The third-order valence-corrected chi connectivity index (χ3v) is 12.8. The molecule has 2 saturated heterocycles. The number of hydrogen-bond acceptors (Lipinski definition) is 13. The predicted molar refractivity (Wildman–Crippen MR) is 277 cm³/mol. The first-order chi connectivity index (χ1) is 34.1. The van der Waals surface area contributed by atoms with Crippen LogP contribution in [0, 0.1) is 0 Å². The quantitative estimate of drug-likeness (QED) is 0.0209. The summed E-state index contributed by atoms with van der Waals surface area (Å²) in [5, 5.41) is 86.8. The Bertz CT molecular complexity index is 1450. The molecule has 14 nitrogen and oxygen atoms in total. The minimum Gasteiger partial charge on any atom is -0.394 e. The molecule has 0 radical (unpaired) electrons. The lowest BCUT2D eigenvalue weighted by molar-refractivity contribution is -0.359. The highest BCUT2D eigenvalue weighted by atomic mass is 16.7. The molecule has 12 atom stereocenters. The van der Waals surface area contributed by atoms with Gasteiger partial charge in [0.15, 0.2) is 12.6 Å². The highest BCUT2D eigenvalue weighted by molar-refractivity contribution is 5.76. The molecule has 14 heteroatoms. The topological polar surface area (TPSA) is 228 Å². The van der Waals surface area contributed by atoms with Crippen molar-refractivity contribution >= 4 is 5.91 Å². The van der Waals surface area contributed by atoms with Crippen molar-refractivity contribution in [2.24, 2.45) is 0 Å². The smallest absolute Gasteiger partial charge is 0.220 e. The van der Waals surface area contributed by atoms with E-state index >= 15 is 0 Å². The number of amides is 1. The molecular formula is C56H97NO13. The number of allylic oxidation sites excluding steroid dienone is 11. The number of hydrogen-bond donors (Lipinski definition) is 9. The summed E-state index contributed by atoms with van der Waals surface area (Å²) in [6.07, 6.45) is 36.5. The summed E-state index contributed by atoms with van der Waals surface area (Å²) < 4.78 is 22.7. The first kappa shape index (κ1) is 63.5. The van der Waals surface area contributed by atoms with Gasteiger partial charge in [-0.3, -0.25) is 4.79 Å². The van der Waals surface area contributed by atoms with Crippen molar-refractivity contribution < 1.29 is 64.6 Å². The summed E-state index contributed by atoms with van der Waals surface area (Å²) in [7, 11) is 0. The summed E-state index contributed by atoms with van der Waals surface area (Å²) in [6.45, 7) is 2.71. The van der Waals surface area contributed by atoms with Crippen LogP contribution >= 0.6 is 0 Å². The van der Waals surface area contributed by atoms with E-state index in [0.29, 0.717) is 12.8 Å². The molecule has 0 bridgehead atoms. The number of nitrogens with one attached hydrogen (secondary N) is 1. The fourth-order valence-electron chi connectivity index (χ4n) is 8.39. The van der Waals surface area contributed by atoms with Crippen LogP contribution in [0.1, 0.15) is 181 Å². The fraction of sp³-hybridized carbons (Fsp3) is 0.768. The molecule has 2 heterocycles. The van der Waals surface area contributed by atoms with E-state index < -0.39 is 86.8 Å². The number of aliphatic hydroxyl groups excluding tert-OH is 8. The highest BCUT2D eigenvalue weighted by Gasteiger charge is 2.51. The molecule has 70 heavy (non-hydrogen) atoms. The van der Waals surface area contributed by atoms with E-state index in [1.54, 1.807) is 6.08 Å². The number of unbranched alkanes of at least 4 members (excludes halogenated alkanes) is 18. The van der Waals surface area contributed by atoms with Crippen LogP contribution in [0.5, 0.6) is 0 Å². The lowest BCUT2D eigenvalue weighted by Crippen LogP contribution is -2.65. The van der Waals surface area contributed by atoms with E-state index in [4.69, 9.17) is 18.9 Å². The van der Waals surface area contributed by atoms with E-state index in [1.807, 2.05) is 6.08 Å². The average Bonchev–Trinajstić information content (AvgIpc) is 3.36. The number of aliphatic hydroxyl groups is 8.